The zero-order valence-corrected chi connectivity index (χ0v) is 26.4. The van der Waals surface area contributed by atoms with Gasteiger partial charge in [0.2, 0.25) is 0 Å². The van der Waals surface area contributed by atoms with Gasteiger partial charge in [-0.15, -0.1) is 0 Å². The average Bonchev–Trinajstić information content (AvgIpc) is 3.39. The van der Waals surface area contributed by atoms with Crippen molar-refractivity contribution in [3.8, 4) is 17.1 Å². The Bertz CT molecular complexity index is 1280. The fourth-order valence-corrected chi connectivity index (χ4v) is 4.26. The number of amides is 1. The number of hydrogen-bond acceptors (Lipinski definition) is 9. The molecule has 0 bridgehead atoms. The van der Waals surface area contributed by atoms with E-state index in [0.29, 0.717) is 30.4 Å². The molecule has 1 aromatic heterocycles. The lowest BCUT2D eigenvalue weighted by Gasteiger charge is -2.41. The summed E-state index contributed by atoms with van der Waals surface area (Å²) in [6.45, 7) is 15.2. The van der Waals surface area contributed by atoms with Crippen molar-refractivity contribution in [3.63, 3.8) is 0 Å². The van der Waals surface area contributed by atoms with Crippen LogP contribution in [-0.4, -0.2) is 65.7 Å². The molecule has 232 valence electrons. The molecule has 3 rings (SSSR count). The first kappa shape index (κ1) is 33.8. The van der Waals surface area contributed by atoms with Crippen LogP contribution in [0.1, 0.15) is 48.5 Å². The van der Waals surface area contributed by atoms with Crippen molar-refractivity contribution >= 4 is 28.5 Å². The van der Waals surface area contributed by atoms with Crippen molar-refractivity contribution in [2.24, 2.45) is 5.41 Å². The molecule has 3 aromatic rings. The van der Waals surface area contributed by atoms with Gasteiger partial charge in [0.05, 0.1) is 0 Å². The lowest BCUT2D eigenvalue weighted by molar-refractivity contribution is -0.123. The molecule has 2 aromatic carbocycles. The Morgan fingerprint density at radius 3 is 2.00 bits per heavy atom. The summed E-state index contributed by atoms with van der Waals surface area (Å²) < 4.78 is 11.7. The van der Waals surface area contributed by atoms with Gasteiger partial charge in [0.15, 0.2) is 6.61 Å². The van der Waals surface area contributed by atoms with Gasteiger partial charge < -0.3 is 35.5 Å². The number of ether oxygens (including phenoxy) is 1. The maximum atomic E-state index is 12.8. The van der Waals surface area contributed by atoms with Crippen LogP contribution < -0.4 is 31.6 Å². The first-order chi connectivity index (χ1) is 19.7. The molecular weight excluding hydrogens is 558 g/mol. The number of hydroxylamine groups is 2. The summed E-state index contributed by atoms with van der Waals surface area (Å²) in [4.78, 5) is 12.8. The normalized spacial score (nSPS) is 15.3. The molecule has 1 heterocycles. The highest BCUT2D eigenvalue weighted by molar-refractivity contribution is 6.31. The van der Waals surface area contributed by atoms with Crippen LogP contribution in [0.5, 0.6) is 5.75 Å². The molecule has 0 aliphatic heterocycles. The molecule has 2 atom stereocenters. The number of carbonyl (C=O) groups is 1. The molecule has 0 fully saturated rings. The minimum Gasteiger partial charge on any atom is -0.484 e. The van der Waals surface area contributed by atoms with Crippen molar-refractivity contribution < 1.29 is 24.4 Å². The Balaban J connectivity index is 1.59. The first-order valence-electron chi connectivity index (χ1n) is 14.2. The summed E-state index contributed by atoms with van der Waals surface area (Å²) in [5.74, 6) is 1.05. The molecule has 11 heteroatoms. The predicted molar refractivity (Wildman–Crippen MR) is 166 cm³/mol. The first-order valence-corrected chi connectivity index (χ1v) is 14.5. The summed E-state index contributed by atoms with van der Waals surface area (Å²) in [5.41, 5.74) is 5.03. The molecular formula is C31H46ClN5O5. The zero-order valence-electron chi connectivity index (χ0n) is 25.6. The maximum absolute atomic E-state index is 12.8. The lowest BCUT2D eigenvalue weighted by Crippen LogP contribution is -2.61. The monoisotopic (exact) mass is 603 g/mol. The largest absolute Gasteiger partial charge is 0.484 e. The number of furan rings is 1. The lowest BCUT2D eigenvalue weighted by atomic mass is 9.85. The van der Waals surface area contributed by atoms with E-state index in [9.17, 15) is 15.2 Å². The molecule has 10 nitrogen and oxygen atoms in total. The van der Waals surface area contributed by atoms with E-state index < -0.39 is 16.5 Å². The topological polar surface area (TPSA) is 140 Å². The van der Waals surface area contributed by atoms with Crippen LogP contribution in [0, 0.1) is 5.41 Å². The Kier molecular flexibility index (Phi) is 11.4. The van der Waals surface area contributed by atoms with Gasteiger partial charge in [0, 0.05) is 64.2 Å². The van der Waals surface area contributed by atoms with Gasteiger partial charge in [-0.25, -0.2) is 11.0 Å². The number of carbonyl (C=O) groups excluding carboxylic acids is 1. The van der Waals surface area contributed by atoms with Crippen molar-refractivity contribution in [3.05, 3.63) is 53.6 Å². The van der Waals surface area contributed by atoms with E-state index in [1.807, 2.05) is 71.9 Å². The standard InChI is InChI=1S/C31H46ClN5O5/c1-20(36-39)29(3,4)34-18-31(7,19-35-30(5,6)21(2)37-40)17-33-28(38)16-41-25-11-8-22(9-12-25)27-15-23-14-24(32)10-13-26(23)42-27/h8-15,20-21,34-37,39-40H,16-19H2,1-7H3,(H,33,38). The average molecular weight is 604 g/mol. The molecule has 7 N–H and O–H groups in total. The van der Waals surface area contributed by atoms with Crippen LogP contribution in [0.15, 0.2) is 52.9 Å². The van der Waals surface area contributed by atoms with E-state index in [4.69, 9.17) is 20.8 Å². The van der Waals surface area contributed by atoms with Gasteiger partial charge >= 0.3 is 0 Å². The van der Waals surface area contributed by atoms with Crippen LogP contribution in [0.3, 0.4) is 0 Å². The highest BCUT2D eigenvalue weighted by atomic mass is 35.5. The predicted octanol–water partition coefficient (Wildman–Crippen LogP) is 4.73. The van der Waals surface area contributed by atoms with Crippen molar-refractivity contribution in [2.45, 2.75) is 71.6 Å². The second kappa shape index (κ2) is 14.2. The molecule has 0 radical (unpaired) electrons. The number of halogens is 1. The number of fused-ring (bicyclic) bond motifs is 1. The third kappa shape index (κ3) is 9.15. The third-order valence-electron chi connectivity index (χ3n) is 8.19. The van der Waals surface area contributed by atoms with Gasteiger partial charge in [0.25, 0.3) is 5.91 Å². The van der Waals surface area contributed by atoms with Crippen LogP contribution >= 0.6 is 11.6 Å². The molecule has 0 saturated heterocycles. The van der Waals surface area contributed by atoms with Crippen LogP contribution in [0.4, 0.5) is 0 Å². The Hall–Kier alpha value is -2.70. The van der Waals surface area contributed by atoms with E-state index in [2.05, 4.69) is 33.8 Å². The summed E-state index contributed by atoms with van der Waals surface area (Å²) in [6, 6.07) is 14.4. The number of benzene rings is 2. The Morgan fingerprint density at radius 2 is 1.45 bits per heavy atom. The minimum atomic E-state index is -0.416. The van der Waals surface area contributed by atoms with Crippen molar-refractivity contribution in [1.82, 2.24) is 26.9 Å². The maximum Gasteiger partial charge on any atom is 0.257 e. The molecule has 0 aliphatic carbocycles. The van der Waals surface area contributed by atoms with Gasteiger partial charge in [-0.2, -0.15) is 0 Å². The second-order valence-corrected chi connectivity index (χ2v) is 13.0. The van der Waals surface area contributed by atoms with Gasteiger partial charge in [-0.3, -0.25) is 4.79 Å². The van der Waals surface area contributed by atoms with Crippen molar-refractivity contribution in [2.75, 3.05) is 26.2 Å². The highest BCUT2D eigenvalue weighted by Gasteiger charge is 2.34. The van der Waals surface area contributed by atoms with Gasteiger partial charge in [-0.1, -0.05) is 18.5 Å². The fraction of sp³-hybridized carbons (Fsp3) is 0.516. The third-order valence-corrected chi connectivity index (χ3v) is 8.43. The van der Waals surface area contributed by atoms with Crippen LogP contribution in [-0.2, 0) is 4.79 Å². The Morgan fingerprint density at radius 1 is 0.881 bits per heavy atom. The smallest absolute Gasteiger partial charge is 0.257 e. The van der Waals surface area contributed by atoms with E-state index in [-0.39, 0.29) is 24.6 Å². The summed E-state index contributed by atoms with van der Waals surface area (Å²) in [7, 11) is 0. The van der Waals surface area contributed by atoms with E-state index >= 15 is 0 Å². The van der Waals surface area contributed by atoms with Gasteiger partial charge in [0.1, 0.15) is 17.1 Å². The summed E-state index contributed by atoms with van der Waals surface area (Å²) in [5, 5.41) is 30.5. The molecule has 0 spiro atoms. The second-order valence-electron chi connectivity index (χ2n) is 12.5. The fourth-order valence-electron chi connectivity index (χ4n) is 4.08. The van der Waals surface area contributed by atoms with Gasteiger partial charge in [-0.05, 0) is 90.1 Å². The van der Waals surface area contributed by atoms with E-state index in [1.165, 1.54) is 0 Å². The highest BCUT2D eigenvalue weighted by Crippen LogP contribution is 2.30. The molecule has 42 heavy (non-hydrogen) atoms. The van der Waals surface area contributed by atoms with E-state index in [0.717, 1.165) is 22.3 Å². The van der Waals surface area contributed by atoms with Crippen molar-refractivity contribution in [1.29, 1.82) is 0 Å². The molecule has 1 amide bonds. The minimum absolute atomic E-state index is 0.132. The number of hydrogen-bond donors (Lipinski definition) is 7. The summed E-state index contributed by atoms with van der Waals surface area (Å²) >= 11 is 6.08. The Labute approximate surface area is 253 Å². The SMILES string of the molecule is CC(NO)C(C)(C)NCC(C)(CNC(=O)COc1ccc(-c2cc3cc(Cl)ccc3o2)cc1)CNC(C)(C)C(C)NO. The molecule has 2 unspecified atom stereocenters. The van der Waals surface area contributed by atoms with Crippen LogP contribution in [0.2, 0.25) is 5.02 Å². The van der Waals surface area contributed by atoms with Crippen LogP contribution in [0.25, 0.3) is 22.3 Å². The number of rotatable bonds is 16. The number of nitrogens with one attached hydrogen (secondary N) is 5. The quantitative estimate of drug-likeness (QED) is 0.116. The molecule has 0 saturated carbocycles. The molecule has 0 aliphatic rings. The van der Waals surface area contributed by atoms with E-state index in [1.54, 1.807) is 18.2 Å². The zero-order chi connectivity index (χ0) is 31.1. The summed E-state index contributed by atoms with van der Waals surface area (Å²) in [6.07, 6.45) is 0.